The number of rotatable bonds is 9. The fraction of sp³-hybridized carbons (Fsp3) is 0.400. The van der Waals surface area contributed by atoms with Crippen molar-refractivity contribution in [3.8, 4) is 0 Å². The Balaban J connectivity index is 2.10. The van der Waals surface area contributed by atoms with Gasteiger partial charge in [0.25, 0.3) is 0 Å². The number of aliphatic hydroxyl groups excluding tert-OH is 1. The molecule has 0 aliphatic carbocycles. The molecule has 1 N–H and O–H groups in total. The van der Waals surface area contributed by atoms with E-state index < -0.39 is 0 Å². The minimum atomic E-state index is -0.375. The summed E-state index contributed by atoms with van der Waals surface area (Å²) in [6, 6.07) is 10.9. The van der Waals surface area contributed by atoms with E-state index in [1.54, 1.807) is 6.07 Å². The minimum absolute atomic E-state index is 0.185. The Kier molecular flexibility index (Phi) is 6.76. The zero-order chi connectivity index (χ0) is 17.5. The molecule has 0 saturated carbocycles. The second kappa shape index (κ2) is 8.81. The van der Waals surface area contributed by atoms with Gasteiger partial charge >= 0.3 is 0 Å². The monoisotopic (exact) mass is 330 g/mol. The van der Waals surface area contributed by atoms with Crippen molar-refractivity contribution in [2.24, 2.45) is 5.92 Å². The molecule has 4 heteroatoms. The molecule has 0 saturated heterocycles. The van der Waals surface area contributed by atoms with Crippen molar-refractivity contribution in [3.63, 3.8) is 0 Å². The zero-order valence-corrected chi connectivity index (χ0v) is 14.5. The molecule has 1 aromatic heterocycles. The second-order valence-corrected chi connectivity index (χ2v) is 6.51. The fourth-order valence-corrected chi connectivity index (χ4v) is 2.65. The van der Waals surface area contributed by atoms with Gasteiger partial charge in [0.2, 0.25) is 0 Å². The minimum Gasteiger partial charge on any atom is -0.392 e. The van der Waals surface area contributed by atoms with Crippen LogP contribution in [0.3, 0.4) is 0 Å². The van der Waals surface area contributed by atoms with Crippen LogP contribution in [0.15, 0.2) is 55.3 Å². The van der Waals surface area contributed by atoms with Crippen LogP contribution >= 0.6 is 0 Å². The highest BCUT2D eigenvalue weighted by atomic mass is 19.1. The number of hydrogen-bond donors (Lipinski definition) is 1. The maximum atomic E-state index is 13.9. The number of nitrogens with zero attached hydrogens (tertiary/aromatic N) is 2. The van der Waals surface area contributed by atoms with Crippen LogP contribution in [0, 0.1) is 11.7 Å². The molecule has 2 aromatic rings. The predicted molar refractivity (Wildman–Crippen MR) is 96.3 cm³/mol. The highest BCUT2D eigenvalue weighted by Gasteiger charge is 2.16. The predicted octanol–water partition coefficient (Wildman–Crippen LogP) is 3.68. The molecule has 0 fully saturated rings. The smallest absolute Gasteiger partial charge is 0.128 e. The quantitative estimate of drug-likeness (QED) is 0.711. The van der Waals surface area contributed by atoms with Gasteiger partial charge in [0.15, 0.2) is 0 Å². The van der Waals surface area contributed by atoms with Gasteiger partial charge in [0.05, 0.1) is 12.6 Å². The molecule has 1 atom stereocenters. The van der Waals surface area contributed by atoms with Crippen LogP contribution in [-0.4, -0.2) is 33.8 Å². The molecule has 0 spiro atoms. The van der Waals surface area contributed by atoms with Crippen LogP contribution in [-0.2, 0) is 13.1 Å². The number of aliphatic hydroxyl groups is 1. The molecule has 130 valence electrons. The third-order valence-electron chi connectivity index (χ3n) is 4.21. The van der Waals surface area contributed by atoms with Gasteiger partial charge in [-0.3, -0.25) is 4.90 Å². The summed E-state index contributed by atoms with van der Waals surface area (Å²) in [5, 5.41) is 10.2. The Labute approximate surface area is 144 Å². The van der Waals surface area contributed by atoms with Crippen molar-refractivity contribution in [1.29, 1.82) is 0 Å². The van der Waals surface area contributed by atoms with Crippen LogP contribution in [0.25, 0.3) is 0 Å². The molecule has 1 aromatic carbocycles. The molecule has 0 amide bonds. The van der Waals surface area contributed by atoms with Gasteiger partial charge in [-0.15, -0.1) is 6.58 Å². The maximum Gasteiger partial charge on any atom is 0.128 e. The van der Waals surface area contributed by atoms with E-state index in [1.165, 1.54) is 6.07 Å². The van der Waals surface area contributed by atoms with Gasteiger partial charge in [-0.05, 0) is 24.1 Å². The van der Waals surface area contributed by atoms with E-state index in [9.17, 15) is 9.50 Å². The standard InChI is InChI=1S/C20H27FN2O/c1-4-11-22(15-20(24)16(2)3)14-18-9-7-12-23(18)13-17-8-5-6-10-19(17)21/h4-10,12,16,20,24H,1,11,13-15H2,2-3H3/t20-/m1/s1. The average Bonchev–Trinajstić information content (AvgIpc) is 2.96. The topological polar surface area (TPSA) is 28.4 Å². The lowest BCUT2D eigenvalue weighted by molar-refractivity contribution is 0.0772. The van der Waals surface area contributed by atoms with Crippen LogP contribution in [0.5, 0.6) is 0 Å². The van der Waals surface area contributed by atoms with E-state index in [1.807, 2.05) is 50.4 Å². The van der Waals surface area contributed by atoms with Crippen LogP contribution in [0.4, 0.5) is 4.39 Å². The van der Waals surface area contributed by atoms with Gasteiger partial charge in [-0.1, -0.05) is 38.1 Å². The lowest BCUT2D eigenvalue weighted by Crippen LogP contribution is -2.35. The highest BCUT2D eigenvalue weighted by Crippen LogP contribution is 2.14. The maximum absolute atomic E-state index is 13.9. The molecule has 3 nitrogen and oxygen atoms in total. The summed E-state index contributed by atoms with van der Waals surface area (Å²) < 4.78 is 15.9. The Morgan fingerprint density at radius 3 is 2.67 bits per heavy atom. The summed E-state index contributed by atoms with van der Waals surface area (Å²) in [4.78, 5) is 2.16. The average molecular weight is 330 g/mol. The Hall–Kier alpha value is -1.91. The van der Waals surface area contributed by atoms with E-state index in [4.69, 9.17) is 0 Å². The first-order valence-electron chi connectivity index (χ1n) is 8.40. The second-order valence-electron chi connectivity index (χ2n) is 6.51. The highest BCUT2D eigenvalue weighted by molar-refractivity contribution is 5.19. The summed E-state index contributed by atoms with van der Waals surface area (Å²) in [6.45, 7) is 10.3. The Bertz CT molecular complexity index is 651. The van der Waals surface area contributed by atoms with E-state index in [0.717, 1.165) is 5.69 Å². The number of aromatic nitrogens is 1. The first-order valence-corrected chi connectivity index (χ1v) is 8.40. The molecular formula is C20H27FN2O. The van der Waals surface area contributed by atoms with Crippen molar-refractivity contribution >= 4 is 0 Å². The number of hydrogen-bond acceptors (Lipinski definition) is 2. The summed E-state index contributed by atoms with van der Waals surface area (Å²) >= 11 is 0. The summed E-state index contributed by atoms with van der Waals surface area (Å²) in [5.41, 5.74) is 1.77. The van der Waals surface area contributed by atoms with Gasteiger partial charge in [-0.2, -0.15) is 0 Å². The SMILES string of the molecule is C=CCN(Cc1cccn1Cc1ccccc1F)C[C@@H](O)C(C)C. The third kappa shape index (κ3) is 5.05. The van der Waals surface area contributed by atoms with Crippen LogP contribution in [0.1, 0.15) is 25.1 Å². The summed E-state index contributed by atoms with van der Waals surface area (Å²) in [5.74, 6) is 0.0258. The van der Waals surface area contributed by atoms with Crippen LogP contribution in [0.2, 0.25) is 0 Å². The van der Waals surface area contributed by atoms with E-state index >= 15 is 0 Å². The van der Waals surface area contributed by atoms with Gasteiger partial charge in [-0.25, -0.2) is 4.39 Å². The molecule has 0 aliphatic rings. The molecule has 2 rings (SSSR count). The molecule has 0 aliphatic heterocycles. The van der Waals surface area contributed by atoms with Crippen LogP contribution < -0.4 is 0 Å². The first kappa shape index (κ1) is 18.4. The summed E-state index contributed by atoms with van der Waals surface area (Å²) in [6.07, 6.45) is 3.43. The fourth-order valence-electron chi connectivity index (χ4n) is 2.65. The van der Waals surface area contributed by atoms with E-state index in [0.29, 0.717) is 31.7 Å². The van der Waals surface area contributed by atoms with E-state index in [2.05, 4.69) is 16.0 Å². The molecule has 1 heterocycles. The molecular weight excluding hydrogens is 303 g/mol. The normalized spacial score (nSPS) is 12.8. The number of benzene rings is 1. The zero-order valence-electron chi connectivity index (χ0n) is 14.5. The summed E-state index contributed by atoms with van der Waals surface area (Å²) in [7, 11) is 0. The lowest BCUT2D eigenvalue weighted by atomic mass is 10.1. The van der Waals surface area contributed by atoms with Crippen molar-refractivity contribution in [2.75, 3.05) is 13.1 Å². The molecule has 0 radical (unpaired) electrons. The number of halogens is 1. The molecule has 0 unspecified atom stereocenters. The van der Waals surface area contributed by atoms with Crippen molar-refractivity contribution in [1.82, 2.24) is 9.47 Å². The first-order chi connectivity index (χ1) is 11.5. The Morgan fingerprint density at radius 1 is 1.25 bits per heavy atom. The van der Waals surface area contributed by atoms with Crippen molar-refractivity contribution in [2.45, 2.75) is 33.0 Å². The molecule has 24 heavy (non-hydrogen) atoms. The van der Waals surface area contributed by atoms with E-state index in [-0.39, 0.29) is 17.8 Å². The van der Waals surface area contributed by atoms with Gasteiger partial charge < -0.3 is 9.67 Å². The van der Waals surface area contributed by atoms with Crippen molar-refractivity contribution in [3.05, 3.63) is 72.3 Å². The third-order valence-corrected chi connectivity index (χ3v) is 4.21. The largest absolute Gasteiger partial charge is 0.392 e. The Morgan fingerprint density at radius 2 is 2.00 bits per heavy atom. The van der Waals surface area contributed by atoms with Gasteiger partial charge in [0, 0.05) is 37.1 Å². The lowest BCUT2D eigenvalue weighted by Gasteiger charge is -2.26. The molecule has 0 bridgehead atoms. The van der Waals surface area contributed by atoms with Gasteiger partial charge in [0.1, 0.15) is 5.82 Å². The van der Waals surface area contributed by atoms with Crippen molar-refractivity contribution < 1.29 is 9.50 Å².